The highest BCUT2D eigenvalue weighted by atomic mass is 16.2. The smallest absolute Gasteiger partial charge is 0.219 e. The Bertz CT molecular complexity index is 390. The van der Waals surface area contributed by atoms with Gasteiger partial charge in [0, 0.05) is 19.5 Å². The Morgan fingerprint density at radius 3 is 2.29 bits per heavy atom. The van der Waals surface area contributed by atoms with Gasteiger partial charge in [0.05, 0.1) is 0 Å². The highest BCUT2D eigenvalue weighted by Crippen LogP contribution is 2.28. The lowest BCUT2D eigenvalue weighted by Crippen LogP contribution is -2.30. The topological polar surface area (TPSA) is 20.3 Å². The molecule has 0 radical (unpaired) electrons. The van der Waals surface area contributed by atoms with Crippen LogP contribution >= 0.6 is 0 Å². The number of rotatable bonds is 4. The average Bonchev–Trinajstić information content (AvgIpc) is 3.10. The van der Waals surface area contributed by atoms with Crippen LogP contribution in [0.4, 0.5) is 0 Å². The van der Waals surface area contributed by atoms with Crippen molar-refractivity contribution in [1.82, 2.24) is 4.90 Å². The second-order valence-corrected chi connectivity index (χ2v) is 5.27. The van der Waals surface area contributed by atoms with Gasteiger partial charge in [0.2, 0.25) is 5.91 Å². The first kappa shape index (κ1) is 12.2. The molecular formula is C15H21NO. The molecule has 0 atom stereocenters. The molecule has 1 saturated carbocycles. The fourth-order valence-electron chi connectivity index (χ4n) is 2.09. The molecular weight excluding hydrogens is 210 g/mol. The van der Waals surface area contributed by atoms with Crippen LogP contribution in [0.15, 0.2) is 24.3 Å². The van der Waals surface area contributed by atoms with Gasteiger partial charge in [-0.3, -0.25) is 4.79 Å². The Morgan fingerprint density at radius 2 is 1.88 bits per heavy atom. The zero-order valence-corrected chi connectivity index (χ0v) is 10.9. The van der Waals surface area contributed by atoms with E-state index in [1.807, 2.05) is 4.90 Å². The maximum absolute atomic E-state index is 11.5. The van der Waals surface area contributed by atoms with Gasteiger partial charge in [0.1, 0.15) is 0 Å². The minimum atomic E-state index is 0.195. The van der Waals surface area contributed by atoms with E-state index in [1.165, 1.54) is 24.0 Å². The summed E-state index contributed by atoms with van der Waals surface area (Å²) in [5.41, 5.74) is 2.59. The molecule has 0 saturated heterocycles. The van der Waals surface area contributed by atoms with Crippen molar-refractivity contribution in [3.05, 3.63) is 35.4 Å². The number of nitrogens with zero attached hydrogens (tertiary/aromatic N) is 1. The van der Waals surface area contributed by atoms with Crippen LogP contribution in [0.25, 0.3) is 0 Å². The van der Waals surface area contributed by atoms with Crippen molar-refractivity contribution in [3.8, 4) is 0 Å². The number of hydrogen-bond acceptors (Lipinski definition) is 1. The summed E-state index contributed by atoms with van der Waals surface area (Å²) in [6.45, 7) is 6.82. The molecule has 0 heterocycles. The summed E-state index contributed by atoms with van der Waals surface area (Å²) in [5.74, 6) is 0.761. The van der Waals surface area contributed by atoms with E-state index in [0.29, 0.717) is 12.0 Å². The summed E-state index contributed by atoms with van der Waals surface area (Å²) in [6.07, 6.45) is 2.34. The van der Waals surface area contributed by atoms with Crippen LogP contribution in [-0.2, 0) is 11.3 Å². The summed E-state index contributed by atoms with van der Waals surface area (Å²) >= 11 is 0. The van der Waals surface area contributed by atoms with Crippen molar-refractivity contribution in [2.24, 2.45) is 0 Å². The highest BCUT2D eigenvalue weighted by Gasteiger charge is 2.30. The van der Waals surface area contributed by atoms with E-state index in [4.69, 9.17) is 0 Å². The van der Waals surface area contributed by atoms with Crippen molar-refractivity contribution < 1.29 is 4.79 Å². The van der Waals surface area contributed by atoms with Crippen LogP contribution in [0.5, 0.6) is 0 Å². The third-order valence-electron chi connectivity index (χ3n) is 3.39. The second-order valence-electron chi connectivity index (χ2n) is 5.27. The SMILES string of the molecule is CC(=O)N(Cc1ccc(C(C)C)cc1)C1CC1. The van der Waals surface area contributed by atoms with Crippen molar-refractivity contribution in [3.63, 3.8) is 0 Å². The normalized spacial score (nSPS) is 15.1. The predicted octanol–water partition coefficient (Wildman–Crippen LogP) is 3.32. The Kier molecular flexibility index (Phi) is 3.51. The number of hydrogen-bond donors (Lipinski definition) is 0. The number of carbonyl (C=O) groups is 1. The molecule has 2 rings (SSSR count). The van der Waals surface area contributed by atoms with Crippen LogP contribution < -0.4 is 0 Å². The maximum Gasteiger partial charge on any atom is 0.219 e. The van der Waals surface area contributed by atoms with Gasteiger partial charge in [0.25, 0.3) is 0 Å². The summed E-state index contributed by atoms with van der Waals surface area (Å²) in [4.78, 5) is 13.5. The monoisotopic (exact) mass is 231 g/mol. The largest absolute Gasteiger partial charge is 0.336 e. The summed E-state index contributed by atoms with van der Waals surface area (Å²) in [6, 6.07) is 9.13. The molecule has 17 heavy (non-hydrogen) atoms. The first-order valence-electron chi connectivity index (χ1n) is 6.44. The van der Waals surface area contributed by atoms with E-state index in [9.17, 15) is 4.79 Å². The maximum atomic E-state index is 11.5. The third kappa shape index (κ3) is 3.09. The Balaban J connectivity index is 2.04. The van der Waals surface area contributed by atoms with E-state index in [1.54, 1.807) is 6.92 Å². The molecule has 2 heteroatoms. The fraction of sp³-hybridized carbons (Fsp3) is 0.533. The number of carbonyl (C=O) groups excluding carboxylic acids is 1. The lowest BCUT2D eigenvalue weighted by Gasteiger charge is -2.20. The van der Waals surface area contributed by atoms with Crippen molar-refractivity contribution in [2.75, 3.05) is 0 Å². The molecule has 1 aromatic rings. The standard InChI is InChI=1S/C15H21NO/c1-11(2)14-6-4-13(5-7-14)10-16(12(3)17)15-8-9-15/h4-7,11,15H,8-10H2,1-3H3. The highest BCUT2D eigenvalue weighted by molar-refractivity contribution is 5.74. The first-order valence-corrected chi connectivity index (χ1v) is 6.44. The van der Waals surface area contributed by atoms with E-state index in [2.05, 4.69) is 38.1 Å². The van der Waals surface area contributed by atoms with Gasteiger partial charge in [-0.15, -0.1) is 0 Å². The molecule has 0 bridgehead atoms. The molecule has 0 aromatic heterocycles. The zero-order chi connectivity index (χ0) is 12.4. The Hall–Kier alpha value is -1.31. The van der Waals surface area contributed by atoms with Gasteiger partial charge in [-0.05, 0) is 29.9 Å². The minimum absolute atomic E-state index is 0.195. The molecule has 1 amide bonds. The lowest BCUT2D eigenvalue weighted by molar-refractivity contribution is -0.130. The number of amides is 1. The van der Waals surface area contributed by atoms with Crippen LogP contribution in [0.1, 0.15) is 50.7 Å². The van der Waals surface area contributed by atoms with E-state index < -0.39 is 0 Å². The van der Waals surface area contributed by atoms with Crippen molar-refractivity contribution in [1.29, 1.82) is 0 Å². The molecule has 0 N–H and O–H groups in total. The zero-order valence-electron chi connectivity index (χ0n) is 10.9. The van der Waals surface area contributed by atoms with Gasteiger partial charge in [-0.2, -0.15) is 0 Å². The van der Waals surface area contributed by atoms with Crippen LogP contribution in [0.2, 0.25) is 0 Å². The minimum Gasteiger partial charge on any atom is -0.336 e. The molecule has 1 aromatic carbocycles. The Labute approximate surface area is 104 Å². The fourth-order valence-corrected chi connectivity index (χ4v) is 2.09. The van der Waals surface area contributed by atoms with Gasteiger partial charge < -0.3 is 4.90 Å². The molecule has 0 aliphatic heterocycles. The van der Waals surface area contributed by atoms with Gasteiger partial charge in [-0.25, -0.2) is 0 Å². The van der Waals surface area contributed by atoms with E-state index in [0.717, 1.165) is 6.54 Å². The van der Waals surface area contributed by atoms with Crippen LogP contribution in [0.3, 0.4) is 0 Å². The van der Waals surface area contributed by atoms with Gasteiger partial charge >= 0.3 is 0 Å². The molecule has 2 nitrogen and oxygen atoms in total. The van der Waals surface area contributed by atoms with Crippen LogP contribution in [0, 0.1) is 0 Å². The average molecular weight is 231 g/mol. The summed E-state index contributed by atoms with van der Waals surface area (Å²) < 4.78 is 0. The summed E-state index contributed by atoms with van der Waals surface area (Å²) in [5, 5.41) is 0. The van der Waals surface area contributed by atoms with E-state index >= 15 is 0 Å². The molecule has 0 unspecified atom stereocenters. The molecule has 1 aliphatic carbocycles. The second kappa shape index (κ2) is 4.91. The molecule has 0 spiro atoms. The number of benzene rings is 1. The first-order chi connectivity index (χ1) is 8.08. The molecule has 92 valence electrons. The van der Waals surface area contributed by atoms with Gasteiger partial charge in [-0.1, -0.05) is 38.1 Å². The van der Waals surface area contributed by atoms with E-state index in [-0.39, 0.29) is 5.91 Å². The lowest BCUT2D eigenvalue weighted by atomic mass is 10.0. The summed E-state index contributed by atoms with van der Waals surface area (Å²) in [7, 11) is 0. The van der Waals surface area contributed by atoms with Gasteiger partial charge in [0.15, 0.2) is 0 Å². The van der Waals surface area contributed by atoms with Crippen molar-refractivity contribution in [2.45, 2.75) is 52.1 Å². The quantitative estimate of drug-likeness (QED) is 0.778. The van der Waals surface area contributed by atoms with Crippen LogP contribution in [-0.4, -0.2) is 16.8 Å². The molecule has 1 fully saturated rings. The predicted molar refractivity (Wildman–Crippen MR) is 69.8 cm³/mol. The van der Waals surface area contributed by atoms with Crippen molar-refractivity contribution >= 4 is 5.91 Å². The Morgan fingerprint density at radius 1 is 1.29 bits per heavy atom. The third-order valence-corrected chi connectivity index (χ3v) is 3.39. The molecule has 1 aliphatic rings.